The maximum atomic E-state index is 12.8. The van der Waals surface area contributed by atoms with Crippen molar-refractivity contribution in [1.29, 1.82) is 0 Å². The molecule has 1 aliphatic rings. The maximum absolute atomic E-state index is 12.8. The Morgan fingerprint density at radius 2 is 2.22 bits per heavy atom. The minimum atomic E-state index is 0.128. The van der Waals surface area contributed by atoms with E-state index < -0.39 is 0 Å². The van der Waals surface area contributed by atoms with Gasteiger partial charge in [-0.05, 0) is 32.8 Å². The first-order valence-electron chi connectivity index (χ1n) is 9.27. The van der Waals surface area contributed by atoms with E-state index in [0.29, 0.717) is 13.1 Å². The minimum Gasteiger partial charge on any atom is -0.340 e. The summed E-state index contributed by atoms with van der Waals surface area (Å²) >= 11 is 1.60. The van der Waals surface area contributed by atoms with E-state index in [0.717, 1.165) is 48.8 Å². The summed E-state index contributed by atoms with van der Waals surface area (Å²) in [5, 5.41) is 6.48. The summed E-state index contributed by atoms with van der Waals surface area (Å²) < 4.78 is 3.96. The van der Waals surface area contributed by atoms with Crippen LogP contribution in [0.4, 0.5) is 0 Å². The van der Waals surface area contributed by atoms with E-state index in [1.165, 1.54) is 0 Å². The number of nitrogens with zero attached hydrogens (tertiary/aromatic N) is 6. The van der Waals surface area contributed by atoms with Crippen LogP contribution >= 0.6 is 11.3 Å². The largest absolute Gasteiger partial charge is 0.340 e. The van der Waals surface area contributed by atoms with Crippen LogP contribution in [0.2, 0.25) is 0 Å². The maximum Gasteiger partial charge on any atom is 0.244 e. The predicted octanol–water partition coefficient (Wildman–Crippen LogP) is 2.61. The summed E-state index contributed by atoms with van der Waals surface area (Å²) in [7, 11) is 0. The van der Waals surface area contributed by atoms with Crippen LogP contribution in [0.1, 0.15) is 41.7 Å². The summed E-state index contributed by atoms with van der Waals surface area (Å²) in [5.41, 5.74) is 4.87. The number of likely N-dealkylation sites (tertiary alicyclic amines) is 1. The first kappa shape index (κ1) is 17.9. The van der Waals surface area contributed by atoms with Gasteiger partial charge in [0, 0.05) is 42.5 Å². The molecule has 0 saturated carbocycles. The fraction of sp³-hybridized carbons (Fsp3) is 0.474. The Bertz CT molecular complexity index is 913. The molecule has 4 rings (SSSR count). The van der Waals surface area contributed by atoms with Crippen molar-refractivity contribution in [3.05, 3.63) is 52.3 Å². The molecule has 0 spiro atoms. The van der Waals surface area contributed by atoms with Crippen LogP contribution in [0.15, 0.2) is 29.4 Å². The Labute approximate surface area is 162 Å². The SMILES string of the molecule is Cc1cc(C)n(CC(=O)N2CCCC(c3nccn3Cc3cscn3)C2)n1. The molecule has 0 aromatic carbocycles. The molecule has 0 bridgehead atoms. The van der Waals surface area contributed by atoms with E-state index in [9.17, 15) is 4.79 Å². The third-order valence-corrected chi connectivity index (χ3v) is 5.73. The number of carbonyl (C=O) groups excluding carboxylic acids is 1. The molecule has 1 unspecified atom stereocenters. The van der Waals surface area contributed by atoms with Crippen LogP contribution in [0.5, 0.6) is 0 Å². The quantitative estimate of drug-likeness (QED) is 0.678. The Morgan fingerprint density at radius 1 is 1.33 bits per heavy atom. The van der Waals surface area contributed by atoms with Crippen LogP contribution in [0.25, 0.3) is 0 Å². The second-order valence-corrected chi connectivity index (χ2v) is 7.88. The molecular formula is C19H24N6OS. The highest BCUT2D eigenvalue weighted by molar-refractivity contribution is 7.07. The summed E-state index contributed by atoms with van der Waals surface area (Å²) in [6.07, 6.45) is 5.90. The van der Waals surface area contributed by atoms with Crippen molar-refractivity contribution in [2.75, 3.05) is 13.1 Å². The van der Waals surface area contributed by atoms with Gasteiger partial charge in [0.25, 0.3) is 0 Å². The summed E-state index contributed by atoms with van der Waals surface area (Å²) in [5.74, 6) is 1.44. The van der Waals surface area contributed by atoms with Gasteiger partial charge in [0.15, 0.2) is 0 Å². The lowest BCUT2D eigenvalue weighted by atomic mass is 9.97. The van der Waals surface area contributed by atoms with Gasteiger partial charge < -0.3 is 9.47 Å². The van der Waals surface area contributed by atoms with Crippen molar-refractivity contribution < 1.29 is 4.79 Å². The molecule has 142 valence electrons. The van der Waals surface area contributed by atoms with Gasteiger partial charge >= 0.3 is 0 Å². The lowest BCUT2D eigenvalue weighted by molar-refractivity contribution is -0.133. The number of hydrogen-bond donors (Lipinski definition) is 0. The van der Waals surface area contributed by atoms with E-state index in [-0.39, 0.29) is 11.8 Å². The van der Waals surface area contributed by atoms with Gasteiger partial charge in [-0.3, -0.25) is 9.48 Å². The second-order valence-electron chi connectivity index (χ2n) is 7.16. The number of amides is 1. The van der Waals surface area contributed by atoms with Crippen LogP contribution < -0.4 is 0 Å². The lowest BCUT2D eigenvalue weighted by Gasteiger charge is -2.32. The Hall–Kier alpha value is -2.48. The van der Waals surface area contributed by atoms with Gasteiger partial charge in [0.2, 0.25) is 5.91 Å². The zero-order valence-electron chi connectivity index (χ0n) is 15.7. The molecule has 4 heterocycles. The summed E-state index contributed by atoms with van der Waals surface area (Å²) in [6.45, 7) is 6.50. The second kappa shape index (κ2) is 7.64. The molecule has 1 fully saturated rings. The van der Waals surface area contributed by atoms with Crippen LogP contribution in [-0.2, 0) is 17.9 Å². The standard InChI is InChI=1S/C19H24N6OS/c1-14-8-15(2)25(22-14)11-18(26)23-6-3-4-16(9-23)19-20-5-7-24(19)10-17-12-27-13-21-17/h5,7-8,12-13,16H,3-4,6,9-11H2,1-2H3. The summed E-state index contributed by atoms with van der Waals surface area (Å²) in [6, 6.07) is 2.00. The van der Waals surface area contributed by atoms with Crippen molar-refractivity contribution >= 4 is 17.2 Å². The smallest absolute Gasteiger partial charge is 0.244 e. The van der Waals surface area contributed by atoms with E-state index >= 15 is 0 Å². The first-order valence-corrected chi connectivity index (χ1v) is 10.2. The highest BCUT2D eigenvalue weighted by atomic mass is 32.1. The molecule has 3 aromatic rings. The molecule has 27 heavy (non-hydrogen) atoms. The summed E-state index contributed by atoms with van der Waals surface area (Å²) in [4.78, 5) is 23.8. The topological polar surface area (TPSA) is 68.8 Å². The highest BCUT2D eigenvalue weighted by Crippen LogP contribution is 2.26. The molecular weight excluding hydrogens is 360 g/mol. The van der Waals surface area contributed by atoms with Crippen molar-refractivity contribution in [2.24, 2.45) is 0 Å². The number of aromatic nitrogens is 5. The Morgan fingerprint density at radius 3 is 2.96 bits per heavy atom. The number of carbonyl (C=O) groups is 1. The fourth-order valence-electron chi connectivity index (χ4n) is 3.78. The number of piperidine rings is 1. The monoisotopic (exact) mass is 384 g/mol. The van der Waals surface area contributed by atoms with Crippen molar-refractivity contribution in [3.8, 4) is 0 Å². The van der Waals surface area contributed by atoms with E-state index in [1.54, 1.807) is 16.0 Å². The zero-order valence-corrected chi connectivity index (χ0v) is 16.5. The predicted molar refractivity (Wildman–Crippen MR) is 104 cm³/mol. The number of rotatable bonds is 5. The fourth-order valence-corrected chi connectivity index (χ4v) is 4.33. The van der Waals surface area contributed by atoms with Crippen molar-refractivity contribution in [2.45, 2.75) is 45.7 Å². The number of hydrogen-bond acceptors (Lipinski definition) is 5. The van der Waals surface area contributed by atoms with Gasteiger partial charge in [-0.15, -0.1) is 11.3 Å². The lowest BCUT2D eigenvalue weighted by Crippen LogP contribution is -2.41. The van der Waals surface area contributed by atoms with Crippen molar-refractivity contribution in [1.82, 2.24) is 29.2 Å². The normalized spacial score (nSPS) is 17.4. The van der Waals surface area contributed by atoms with Crippen molar-refractivity contribution in [3.63, 3.8) is 0 Å². The van der Waals surface area contributed by atoms with Crippen LogP contribution in [-0.4, -0.2) is 48.2 Å². The van der Waals surface area contributed by atoms with Gasteiger partial charge in [-0.1, -0.05) is 0 Å². The van der Waals surface area contributed by atoms with Gasteiger partial charge in [0.1, 0.15) is 12.4 Å². The van der Waals surface area contributed by atoms with Gasteiger partial charge in [0.05, 0.1) is 23.4 Å². The molecule has 0 radical (unpaired) electrons. The molecule has 0 aliphatic carbocycles. The van der Waals surface area contributed by atoms with E-state index in [2.05, 4.69) is 25.0 Å². The average Bonchev–Trinajstić information content (AvgIpc) is 3.39. The first-order chi connectivity index (χ1) is 13.1. The minimum absolute atomic E-state index is 0.128. The molecule has 3 aromatic heterocycles. The van der Waals surface area contributed by atoms with Gasteiger partial charge in [-0.2, -0.15) is 5.10 Å². The third kappa shape index (κ3) is 3.95. The molecule has 7 nitrogen and oxygen atoms in total. The Kier molecular flexibility index (Phi) is 5.07. The number of imidazole rings is 1. The molecule has 1 saturated heterocycles. The molecule has 8 heteroatoms. The number of aryl methyl sites for hydroxylation is 2. The Balaban J connectivity index is 1.45. The van der Waals surface area contributed by atoms with Crippen LogP contribution in [0.3, 0.4) is 0 Å². The molecule has 1 amide bonds. The van der Waals surface area contributed by atoms with E-state index in [1.807, 2.05) is 42.7 Å². The number of thiazole rings is 1. The highest BCUT2D eigenvalue weighted by Gasteiger charge is 2.28. The third-order valence-electron chi connectivity index (χ3n) is 5.09. The molecule has 0 N–H and O–H groups in total. The van der Waals surface area contributed by atoms with Crippen LogP contribution in [0, 0.1) is 13.8 Å². The zero-order chi connectivity index (χ0) is 18.8. The van der Waals surface area contributed by atoms with Gasteiger partial charge in [-0.25, -0.2) is 9.97 Å². The average molecular weight is 385 g/mol. The molecule has 1 atom stereocenters. The van der Waals surface area contributed by atoms with E-state index in [4.69, 9.17) is 0 Å². The molecule has 1 aliphatic heterocycles.